The van der Waals surface area contributed by atoms with E-state index in [0.717, 1.165) is 59.5 Å². The molecule has 186 valence electrons. The average molecular weight is 488 g/mol. The van der Waals surface area contributed by atoms with Gasteiger partial charge in [-0.05, 0) is 55.5 Å². The number of halogens is 1. The third-order valence-corrected chi connectivity index (χ3v) is 6.50. The molecule has 0 atom stereocenters. The highest BCUT2D eigenvalue weighted by Gasteiger charge is 2.17. The van der Waals surface area contributed by atoms with Gasteiger partial charge in [0.25, 0.3) is 0 Å². The number of fused-ring (bicyclic) bond motifs is 1. The number of aromatic nitrogens is 1. The fourth-order valence-electron chi connectivity index (χ4n) is 4.34. The molecule has 1 aliphatic heterocycles. The first-order valence-electron chi connectivity index (χ1n) is 12.3. The van der Waals surface area contributed by atoms with E-state index in [4.69, 9.17) is 23.9 Å². The molecular formula is C30H30FNO4. The fraction of sp³-hybridized carbons (Fsp3) is 0.300. The minimum Gasteiger partial charge on any atom is -0.490 e. The van der Waals surface area contributed by atoms with Crippen LogP contribution in [0.15, 0.2) is 72.8 Å². The highest BCUT2D eigenvalue weighted by Crippen LogP contribution is 2.32. The third kappa shape index (κ3) is 5.77. The molecule has 0 amide bonds. The molecule has 0 spiro atoms. The summed E-state index contributed by atoms with van der Waals surface area (Å²) in [5, 5.41) is 0.959. The van der Waals surface area contributed by atoms with Crippen LogP contribution >= 0.6 is 0 Å². The van der Waals surface area contributed by atoms with Crippen LogP contribution in [-0.4, -0.2) is 24.8 Å². The molecule has 1 saturated heterocycles. The standard InChI is InChI=1S/C30H30FNO4/c1-21-28(20-34-24-11-12-26(31)29(17-24)35-18-23-13-15-33-16-14-23)32-27-10-6-5-9-25(27)30(21)36-19-22-7-3-2-4-8-22/h2-12,17,23H,13-16,18-20H2,1H3. The lowest BCUT2D eigenvalue weighted by Gasteiger charge is -2.22. The molecule has 6 heteroatoms. The zero-order valence-electron chi connectivity index (χ0n) is 20.4. The Balaban J connectivity index is 1.32. The largest absolute Gasteiger partial charge is 0.490 e. The maximum Gasteiger partial charge on any atom is 0.165 e. The van der Waals surface area contributed by atoms with Crippen molar-refractivity contribution in [3.05, 3.63) is 95.4 Å². The summed E-state index contributed by atoms with van der Waals surface area (Å²) >= 11 is 0. The maximum absolute atomic E-state index is 14.4. The summed E-state index contributed by atoms with van der Waals surface area (Å²) in [5.41, 5.74) is 3.62. The van der Waals surface area contributed by atoms with E-state index in [1.165, 1.54) is 6.07 Å². The molecule has 5 rings (SSSR count). The van der Waals surface area contributed by atoms with Crippen molar-refractivity contribution in [2.75, 3.05) is 19.8 Å². The van der Waals surface area contributed by atoms with Crippen molar-refractivity contribution in [2.24, 2.45) is 5.92 Å². The van der Waals surface area contributed by atoms with Gasteiger partial charge in [0.2, 0.25) is 0 Å². The Bertz CT molecular complexity index is 1310. The Kier molecular flexibility index (Phi) is 7.62. The second kappa shape index (κ2) is 11.4. The first kappa shape index (κ1) is 24.1. The SMILES string of the molecule is Cc1c(COc2ccc(F)c(OCC3CCOCC3)c2)nc2ccccc2c1OCc1ccccc1. The highest BCUT2D eigenvalue weighted by atomic mass is 19.1. The van der Waals surface area contributed by atoms with E-state index < -0.39 is 5.82 Å². The van der Waals surface area contributed by atoms with Gasteiger partial charge in [0.15, 0.2) is 11.6 Å². The van der Waals surface area contributed by atoms with Crippen LogP contribution in [0.5, 0.6) is 17.2 Å². The van der Waals surface area contributed by atoms with E-state index in [9.17, 15) is 4.39 Å². The zero-order valence-corrected chi connectivity index (χ0v) is 20.4. The summed E-state index contributed by atoms with van der Waals surface area (Å²) < 4.78 is 37.9. The van der Waals surface area contributed by atoms with Gasteiger partial charge in [0, 0.05) is 30.2 Å². The molecule has 0 saturated carbocycles. The molecule has 0 bridgehead atoms. The van der Waals surface area contributed by atoms with E-state index in [0.29, 0.717) is 24.9 Å². The normalized spacial score (nSPS) is 14.1. The molecule has 2 heterocycles. The van der Waals surface area contributed by atoms with Crippen molar-refractivity contribution in [3.63, 3.8) is 0 Å². The first-order chi connectivity index (χ1) is 17.7. The molecule has 0 aliphatic carbocycles. The second-order valence-electron chi connectivity index (χ2n) is 9.05. The van der Waals surface area contributed by atoms with Crippen LogP contribution in [0.4, 0.5) is 4.39 Å². The summed E-state index contributed by atoms with van der Waals surface area (Å²) in [6.45, 7) is 4.61. The van der Waals surface area contributed by atoms with Gasteiger partial charge in [0.1, 0.15) is 24.7 Å². The summed E-state index contributed by atoms with van der Waals surface area (Å²) in [6, 6.07) is 22.6. The number of benzene rings is 3. The van der Waals surface area contributed by atoms with E-state index in [1.54, 1.807) is 12.1 Å². The molecule has 0 radical (unpaired) electrons. The smallest absolute Gasteiger partial charge is 0.165 e. The van der Waals surface area contributed by atoms with E-state index in [1.807, 2.05) is 61.5 Å². The summed E-state index contributed by atoms with van der Waals surface area (Å²) in [6.07, 6.45) is 1.86. The lowest BCUT2D eigenvalue weighted by molar-refractivity contribution is 0.0491. The van der Waals surface area contributed by atoms with Crippen LogP contribution in [-0.2, 0) is 18.0 Å². The fourth-order valence-corrected chi connectivity index (χ4v) is 4.34. The van der Waals surface area contributed by atoms with Crippen molar-refractivity contribution < 1.29 is 23.3 Å². The van der Waals surface area contributed by atoms with Gasteiger partial charge in [-0.2, -0.15) is 0 Å². The van der Waals surface area contributed by atoms with Gasteiger partial charge >= 0.3 is 0 Å². The quantitative estimate of drug-likeness (QED) is 0.265. The minimum atomic E-state index is -0.397. The van der Waals surface area contributed by atoms with Crippen molar-refractivity contribution >= 4 is 10.9 Å². The van der Waals surface area contributed by atoms with Gasteiger partial charge < -0.3 is 18.9 Å². The Morgan fingerprint density at radius 3 is 2.50 bits per heavy atom. The predicted octanol–water partition coefficient (Wildman–Crippen LogP) is 6.65. The number of hydrogen-bond acceptors (Lipinski definition) is 5. The lowest BCUT2D eigenvalue weighted by Crippen LogP contribution is -2.21. The number of rotatable bonds is 9. The summed E-state index contributed by atoms with van der Waals surface area (Å²) in [7, 11) is 0. The minimum absolute atomic E-state index is 0.203. The van der Waals surface area contributed by atoms with Crippen LogP contribution in [0.25, 0.3) is 10.9 Å². The Morgan fingerprint density at radius 2 is 1.67 bits per heavy atom. The summed E-state index contributed by atoms with van der Waals surface area (Å²) in [4.78, 5) is 4.82. The van der Waals surface area contributed by atoms with E-state index in [2.05, 4.69) is 0 Å². The molecule has 0 N–H and O–H groups in total. The van der Waals surface area contributed by atoms with E-state index in [-0.39, 0.29) is 12.4 Å². The van der Waals surface area contributed by atoms with E-state index >= 15 is 0 Å². The number of nitrogens with zero attached hydrogens (tertiary/aromatic N) is 1. The van der Waals surface area contributed by atoms with Gasteiger partial charge in [-0.25, -0.2) is 9.37 Å². The molecule has 5 nitrogen and oxygen atoms in total. The topological polar surface area (TPSA) is 49.8 Å². The van der Waals surface area contributed by atoms with Crippen LogP contribution in [0.1, 0.15) is 29.7 Å². The lowest BCUT2D eigenvalue weighted by atomic mass is 10.0. The van der Waals surface area contributed by atoms with Gasteiger partial charge in [-0.1, -0.05) is 42.5 Å². The highest BCUT2D eigenvalue weighted by molar-refractivity contribution is 5.86. The van der Waals surface area contributed by atoms with Crippen molar-refractivity contribution in [3.8, 4) is 17.2 Å². The molecule has 1 aromatic heterocycles. The average Bonchev–Trinajstić information content (AvgIpc) is 2.92. The molecule has 3 aromatic carbocycles. The van der Waals surface area contributed by atoms with Crippen molar-refractivity contribution in [1.82, 2.24) is 4.98 Å². The molecule has 4 aromatic rings. The number of para-hydroxylation sites is 1. The van der Waals surface area contributed by atoms with Gasteiger partial charge in [0.05, 0.1) is 17.8 Å². The van der Waals surface area contributed by atoms with Gasteiger partial charge in [-0.15, -0.1) is 0 Å². The zero-order chi connectivity index (χ0) is 24.7. The predicted molar refractivity (Wildman–Crippen MR) is 137 cm³/mol. The molecule has 1 fully saturated rings. The van der Waals surface area contributed by atoms with Crippen molar-refractivity contribution in [1.29, 1.82) is 0 Å². The molecular weight excluding hydrogens is 457 g/mol. The van der Waals surface area contributed by atoms with Crippen molar-refractivity contribution in [2.45, 2.75) is 33.0 Å². The Hall–Kier alpha value is -3.64. The number of ether oxygens (including phenoxy) is 4. The number of hydrogen-bond donors (Lipinski definition) is 0. The van der Waals surface area contributed by atoms with Crippen LogP contribution < -0.4 is 14.2 Å². The van der Waals surface area contributed by atoms with Crippen LogP contribution in [0, 0.1) is 18.7 Å². The van der Waals surface area contributed by atoms with Crippen LogP contribution in [0.3, 0.4) is 0 Å². The second-order valence-corrected chi connectivity index (χ2v) is 9.05. The maximum atomic E-state index is 14.4. The Labute approximate surface area is 210 Å². The number of pyridine rings is 1. The Morgan fingerprint density at radius 1 is 0.889 bits per heavy atom. The summed E-state index contributed by atoms with van der Waals surface area (Å²) in [5.74, 6) is 1.50. The molecule has 36 heavy (non-hydrogen) atoms. The first-order valence-corrected chi connectivity index (χ1v) is 12.3. The third-order valence-electron chi connectivity index (χ3n) is 6.50. The molecule has 1 aliphatic rings. The van der Waals surface area contributed by atoms with Crippen LogP contribution in [0.2, 0.25) is 0 Å². The molecule has 0 unspecified atom stereocenters. The monoisotopic (exact) mass is 487 g/mol. The van der Waals surface area contributed by atoms with Gasteiger partial charge in [-0.3, -0.25) is 0 Å².